The fourth-order valence-corrected chi connectivity index (χ4v) is 21.3. The second-order valence-electron chi connectivity index (χ2n) is 31.8. The van der Waals surface area contributed by atoms with E-state index in [4.69, 9.17) is 0 Å². The van der Waals surface area contributed by atoms with Crippen LogP contribution in [0.3, 0.4) is 0 Å². The first-order valence-corrected chi connectivity index (χ1v) is 39.9. The van der Waals surface area contributed by atoms with Crippen molar-refractivity contribution in [2.75, 3.05) is 19.6 Å². The highest BCUT2D eigenvalue weighted by molar-refractivity contribution is 6.93. The highest BCUT2D eigenvalue weighted by atomic mass is 15.2. The largest absolute Gasteiger partial charge is 0.375 e. The fourth-order valence-electron chi connectivity index (χ4n) is 21.3. The molecule has 4 aliphatic heterocycles. The zero-order valence-electron chi connectivity index (χ0n) is 61.9. The van der Waals surface area contributed by atoms with E-state index in [1.165, 1.54) is 175 Å². The van der Waals surface area contributed by atoms with E-state index in [1.807, 2.05) is 0 Å². The smallest absolute Gasteiger partial charge is 0.333 e. The van der Waals surface area contributed by atoms with Crippen molar-refractivity contribution in [2.24, 2.45) is 0 Å². The molecule has 5 nitrogen and oxygen atoms in total. The van der Waals surface area contributed by atoms with Crippen LogP contribution in [0, 0.1) is 0 Å². The van der Waals surface area contributed by atoms with Gasteiger partial charge in [0.05, 0.1) is 0 Å². The Morgan fingerprint density at radius 3 is 1.21 bits per heavy atom. The SMILES string of the molecule is c1ccc2c(c1)B1c3c(cc(N(c4ccc5ccccc5c4)c4ccc5ccccc5c4)cc3N2c2ccc3ccccc3c2)-c2c3c(c4c5c2c2ccccc2n5B2c5c-4cc(N(c4ccc6ccccc6c4)c4ccc6ccccc6c4)cc5N(c4ccc5ccccc5c4)c4ccc5ccccc5c42)-c2ccccc2C13. The maximum Gasteiger partial charge on any atom is 0.333 e. The Labute approximate surface area is 659 Å². The highest BCUT2D eigenvalue weighted by Gasteiger charge is 2.54. The average Bonchev–Trinajstić information content (AvgIpc) is 1.45. The van der Waals surface area contributed by atoms with E-state index < -0.39 is 0 Å². The van der Waals surface area contributed by atoms with Gasteiger partial charge in [0, 0.05) is 95.6 Å². The van der Waals surface area contributed by atoms with Gasteiger partial charge in [-0.05, 0) is 257 Å². The van der Waals surface area contributed by atoms with Gasteiger partial charge < -0.3 is 24.1 Å². The summed E-state index contributed by atoms with van der Waals surface area (Å²) in [4.78, 5) is 10.4. The summed E-state index contributed by atoms with van der Waals surface area (Å²) in [7, 11) is 0. The lowest BCUT2D eigenvalue weighted by atomic mass is 9.28. The van der Waals surface area contributed by atoms with E-state index in [0.717, 1.165) is 56.9 Å². The second-order valence-corrected chi connectivity index (χ2v) is 31.8. The van der Waals surface area contributed by atoms with Crippen LogP contribution in [0.5, 0.6) is 0 Å². The number of hydrogen-bond acceptors (Lipinski definition) is 4. The Morgan fingerprint density at radius 1 is 0.254 bits per heavy atom. The molecule has 0 N–H and O–H groups in total. The predicted molar refractivity (Wildman–Crippen MR) is 484 cm³/mol. The lowest BCUT2D eigenvalue weighted by Gasteiger charge is -2.44. The van der Waals surface area contributed by atoms with E-state index in [2.05, 4.69) is 412 Å². The van der Waals surface area contributed by atoms with Crippen molar-refractivity contribution >= 4 is 201 Å². The molecule has 0 spiro atoms. The van der Waals surface area contributed by atoms with Gasteiger partial charge >= 0.3 is 6.85 Å². The number of nitrogens with zero attached hydrogens (tertiary/aromatic N) is 5. The molecule has 5 aliphatic rings. The monoisotopic (exact) mass is 1440 g/mol. The van der Waals surface area contributed by atoms with Crippen LogP contribution in [-0.4, -0.2) is 18.0 Å². The van der Waals surface area contributed by atoms with Gasteiger partial charge in [0.15, 0.2) is 0 Å². The summed E-state index contributed by atoms with van der Waals surface area (Å²) in [5.74, 6) is -0.0924. The molecule has 0 bridgehead atoms. The molecule has 1 aromatic heterocycles. The summed E-state index contributed by atoms with van der Waals surface area (Å²) >= 11 is 0. The minimum Gasteiger partial charge on any atom is -0.375 e. The van der Waals surface area contributed by atoms with Crippen LogP contribution in [0.25, 0.3) is 131 Å². The molecule has 26 rings (SSSR count). The molecule has 0 amide bonds. The molecule has 0 radical (unpaired) electrons. The second kappa shape index (κ2) is 23.5. The number of aromatic nitrogens is 1. The Bertz CT molecular complexity index is 7690. The summed E-state index contributed by atoms with van der Waals surface area (Å²) in [6.45, 7) is -0.401. The van der Waals surface area contributed by atoms with Crippen molar-refractivity contribution in [1.29, 1.82) is 0 Å². The van der Waals surface area contributed by atoms with Crippen LogP contribution in [-0.2, 0) is 0 Å². The topological polar surface area (TPSA) is 17.9 Å². The predicted octanol–water partition coefficient (Wildman–Crippen LogP) is 25.9. The van der Waals surface area contributed by atoms with E-state index in [1.54, 1.807) is 0 Å². The number of hydrogen-bond donors (Lipinski definition) is 0. The molecular formula is C107H65B2N5. The zero-order valence-corrected chi connectivity index (χ0v) is 61.9. The molecule has 21 aromatic rings. The molecule has 0 fully saturated rings. The Balaban J connectivity index is 0.849. The number of benzene rings is 20. The first kappa shape index (κ1) is 62.1. The fraction of sp³-hybridized carbons (Fsp3) is 0.00935. The van der Waals surface area contributed by atoms with Crippen molar-refractivity contribution < 1.29 is 0 Å². The molecule has 7 heteroatoms. The Morgan fingerprint density at radius 2 is 0.667 bits per heavy atom. The van der Waals surface area contributed by atoms with Gasteiger partial charge in [-0.3, -0.25) is 0 Å². The quantitative estimate of drug-likeness (QED) is 0.141. The lowest BCUT2D eigenvalue weighted by Crippen LogP contribution is -2.57. The number of anilines is 12. The Kier molecular flexibility index (Phi) is 12.8. The highest BCUT2D eigenvalue weighted by Crippen LogP contribution is 2.64. The van der Waals surface area contributed by atoms with Crippen molar-refractivity contribution in [3.8, 4) is 33.4 Å². The van der Waals surface area contributed by atoms with Gasteiger partial charge in [0.2, 0.25) is 6.71 Å². The zero-order chi connectivity index (χ0) is 74.1. The number of para-hydroxylation sites is 2. The summed E-state index contributed by atoms with van der Waals surface area (Å²) in [6.07, 6.45) is 0. The first-order chi connectivity index (χ1) is 56.5. The molecule has 114 heavy (non-hydrogen) atoms. The summed E-state index contributed by atoms with van der Waals surface area (Å²) in [5.41, 5.74) is 31.6. The first-order valence-electron chi connectivity index (χ1n) is 39.9. The van der Waals surface area contributed by atoms with Crippen LogP contribution in [0.1, 0.15) is 16.9 Å². The normalized spacial score (nSPS) is 13.8. The summed E-state index contributed by atoms with van der Waals surface area (Å²) in [6, 6.07) is 148. The molecule has 1 unspecified atom stereocenters. The molecule has 0 saturated carbocycles. The van der Waals surface area contributed by atoms with Crippen LogP contribution in [0.2, 0.25) is 0 Å². The van der Waals surface area contributed by atoms with Gasteiger partial charge in [0.25, 0.3) is 0 Å². The van der Waals surface area contributed by atoms with E-state index in [0.29, 0.717) is 0 Å². The maximum absolute atomic E-state index is 2.85. The van der Waals surface area contributed by atoms with Crippen molar-refractivity contribution in [1.82, 2.24) is 4.48 Å². The van der Waals surface area contributed by atoms with E-state index in [9.17, 15) is 0 Å². The van der Waals surface area contributed by atoms with Gasteiger partial charge in [-0.15, -0.1) is 0 Å². The Hall–Kier alpha value is -14.7. The van der Waals surface area contributed by atoms with E-state index in [-0.39, 0.29) is 19.4 Å². The van der Waals surface area contributed by atoms with Crippen molar-refractivity contribution in [3.63, 3.8) is 0 Å². The van der Waals surface area contributed by atoms with Crippen molar-refractivity contribution in [2.45, 2.75) is 5.82 Å². The van der Waals surface area contributed by atoms with Gasteiger partial charge in [-0.25, -0.2) is 0 Å². The van der Waals surface area contributed by atoms with Crippen LogP contribution in [0.4, 0.5) is 68.2 Å². The third-order valence-corrected chi connectivity index (χ3v) is 26.0. The molecule has 1 atom stereocenters. The number of fused-ring (bicyclic) bond motifs is 24. The maximum atomic E-state index is 2.85. The molecule has 20 aromatic carbocycles. The minimum atomic E-state index is -0.299. The molecular weight excluding hydrogens is 1380 g/mol. The lowest BCUT2D eigenvalue weighted by molar-refractivity contribution is 1.15. The van der Waals surface area contributed by atoms with Crippen molar-refractivity contribution in [3.05, 3.63) is 399 Å². The third-order valence-electron chi connectivity index (χ3n) is 26.0. The van der Waals surface area contributed by atoms with Crippen LogP contribution < -0.4 is 41.5 Å². The molecule has 0 saturated heterocycles. The van der Waals surface area contributed by atoms with Gasteiger partial charge in [-0.1, -0.05) is 273 Å². The average molecular weight is 1440 g/mol. The third kappa shape index (κ3) is 8.70. The minimum absolute atomic E-state index is 0.0924. The van der Waals surface area contributed by atoms with Gasteiger partial charge in [0.1, 0.15) is 0 Å². The molecule has 524 valence electrons. The van der Waals surface area contributed by atoms with Crippen LogP contribution >= 0.6 is 0 Å². The number of rotatable bonds is 8. The standard InChI is InChI=1S/C107H65B2N5/c1-7-28-72-55-78(48-41-65(72)21-1)110(79-49-42-66-22-2-8-29-73(66)56-79)84-61-90-99-100-89-37-17-19-39-93(89)114-107(100)101(98-87-35-15-16-36-88(87)106(102(98)99)108-92-38-18-20-40-94(92)112(96(63-84)103(90)108)82-52-45-69-25-5-11-32-76(69)59-82)91-62-85(111(80-50-43-67-23-3-9-30-74(67)57-80)81-51-44-68-24-4-10-31-75(68)58-81)64-97-105(91)109(114)104-86-34-14-13-27-71(86)47-54-95(104)113(97)83-53-46-70-26-6-12-33-77(70)60-83/h1-64,106H. The molecule has 5 heterocycles. The van der Waals surface area contributed by atoms with Crippen LogP contribution in [0.15, 0.2) is 388 Å². The van der Waals surface area contributed by atoms with E-state index >= 15 is 0 Å². The molecule has 1 aliphatic carbocycles. The summed E-state index contributed by atoms with van der Waals surface area (Å²) < 4.78 is 2.85. The van der Waals surface area contributed by atoms with Gasteiger partial charge in [-0.2, -0.15) is 0 Å². The summed E-state index contributed by atoms with van der Waals surface area (Å²) in [5, 5.41) is 19.3.